The van der Waals surface area contributed by atoms with Gasteiger partial charge in [-0.15, -0.1) is 0 Å². The monoisotopic (exact) mass is 404 g/mol. The number of rotatable bonds is 8. The highest BCUT2D eigenvalue weighted by atomic mass is 32.2. The van der Waals surface area contributed by atoms with Crippen LogP contribution in [0.4, 0.5) is 5.69 Å². The number of anilines is 1. The maximum absolute atomic E-state index is 12.4. The molecule has 0 aliphatic rings. The van der Waals surface area contributed by atoms with E-state index in [0.29, 0.717) is 12.1 Å². The van der Waals surface area contributed by atoms with Gasteiger partial charge in [-0.1, -0.05) is 38.0 Å². The molecule has 0 fully saturated rings. The van der Waals surface area contributed by atoms with Crippen molar-refractivity contribution in [2.75, 3.05) is 4.72 Å². The smallest absolute Gasteiger partial charge is 0.326 e. The van der Waals surface area contributed by atoms with Gasteiger partial charge >= 0.3 is 5.97 Å². The van der Waals surface area contributed by atoms with Gasteiger partial charge in [-0.3, -0.25) is 9.52 Å². The fourth-order valence-corrected chi connectivity index (χ4v) is 3.59. The highest BCUT2D eigenvalue weighted by Crippen LogP contribution is 2.17. The van der Waals surface area contributed by atoms with Crippen LogP contribution >= 0.6 is 0 Å². The van der Waals surface area contributed by atoms with E-state index in [1.54, 1.807) is 19.1 Å². The Bertz CT molecular complexity index is 938. The zero-order valence-electron chi connectivity index (χ0n) is 16.0. The molecule has 2 atom stereocenters. The van der Waals surface area contributed by atoms with Gasteiger partial charge < -0.3 is 10.4 Å². The summed E-state index contributed by atoms with van der Waals surface area (Å²) in [4.78, 5) is 23.8. The van der Waals surface area contributed by atoms with Crippen molar-refractivity contribution in [3.8, 4) is 0 Å². The summed E-state index contributed by atoms with van der Waals surface area (Å²) in [6, 6.07) is 11.3. The van der Waals surface area contributed by atoms with Gasteiger partial charge in [-0.25, -0.2) is 13.2 Å². The number of aliphatic carboxylic acids is 1. The first-order valence-corrected chi connectivity index (χ1v) is 10.4. The van der Waals surface area contributed by atoms with Crippen molar-refractivity contribution < 1.29 is 23.1 Å². The number of aryl methyl sites for hydroxylation is 1. The summed E-state index contributed by atoms with van der Waals surface area (Å²) in [5.41, 5.74) is 1.49. The Morgan fingerprint density at radius 1 is 1.04 bits per heavy atom. The lowest BCUT2D eigenvalue weighted by atomic mass is 9.99. The number of hydrogen-bond donors (Lipinski definition) is 3. The van der Waals surface area contributed by atoms with Crippen molar-refractivity contribution in [3.05, 3.63) is 59.7 Å². The van der Waals surface area contributed by atoms with Crippen molar-refractivity contribution >= 4 is 27.6 Å². The first-order valence-electron chi connectivity index (χ1n) is 8.87. The Kier molecular flexibility index (Phi) is 6.80. The van der Waals surface area contributed by atoms with Gasteiger partial charge in [-0.2, -0.15) is 0 Å². The molecule has 8 heteroatoms. The number of nitrogens with one attached hydrogen (secondary N) is 2. The van der Waals surface area contributed by atoms with Crippen molar-refractivity contribution in [1.82, 2.24) is 5.32 Å². The van der Waals surface area contributed by atoms with Crippen LogP contribution in [-0.4, -0.2) is 31.4 Å². The lowest BCUT2D eigenvalue weighted by Gasteiger charge is -2.20. The molecule has 0 saturated heterocycles. The van der Waals surface area contributed by atoms with Crippen molar-refractivity contribution in [2.24, 2.45) is 5.92 Å². The Balaban J connectivity index is 2.11. The summed E-state index contributed by atoms with van der Waals surface area (Å²) >= 11 is 0. The maximum atomic E-state index is 12.4. The van der Waals surface area contributed by atoms with Crippen LogP contribution in [0.25, 0.3) is 0 Å². The van der Waals surface area contributed by atoms with Crippen LogP contribution in [0.5, 0.6) is 0 Å². The van der Waals surface area contributed by atoms with E-state index < -0.39 is 27.9 Å². The molecule has 28 heavy (non-hydrogen) atoms. The Labute approximate surface area is 164 Å². The molecule has 1 unspecified atom stereocenters. The predicted octanol–water partition coefficient (Wildman–Crippen LogP) is 3.02. The SMILES string of the molecule is CCC(C)[C@H](NC(=O)c1ccc(NS(=O)(=O)c2ccc(C)cc2)cc1)C(=O)O. The largest absolute Gasteiger partial charge is 0.480 e. The predicted molar refractivity (Wildman–Crippen MR) is 107 cm³/mol. The van der Waals surface area contributed by atoms with Crippen LogP contribution in [0.15, 0.2) is 53.4 Å². The number of sulfonamides is 1. The van der Waals surface area contributed by atoms with E-state index in [2.05, 4.69) is 10.0 Å². The average Bonchev–Trinajstić information content (AvgIpc) is 2.65. The van der Waals surface area contributed by atoms with E-state index in [4.69, 9.17) is 0 Å². The number of amides is 1. The van der Waals surface area contributed by atoms with E-state index in [1.165, 1.54) is 36.4 Å². The third-order valence-electron chi connectivity index (χ3n) is 4.50. The normalized spacial score (nSPS) is 13.4. The third-order valence-corrected chi connectivity index (χ3v) is 5.89. The molecule has 0 bridgehead atoms. The van der Waals surface area contributed by atoms with Crippen LogP contribution in [0, 0.1) is 12.8 Å². The number of carboxylic acids is 1. The molecule has 0 heterocycles. The zero-order valence-corrected chi connectivity index (χ0v) is 16.8. The molecule has 0 saturated carbocycles. The molecule has 2 rings (SSSR count). The Hall–Kier alpha value is -2.87. The highest BCUT2D eigenvalue weighted by Gasteiger charge is 2.25. The molecule has 7 nitrogen and oxygen atoms in total. The zero-order chi connectivity index (χ0) is 20.9. The average molecular weight is 404 g/mol. The van der Waals surface area contributed by atoms with Crippen LogP contribution in [0.2, 0.25) is 0 Å². The van der Waals surface area contributed by atoms with Crippen molar-refractivity contribution in [1.29, 1.82) is 0 Å². The summed E-state index contributed by atoms with van der Waals surface area (Å²) in [7, 11) is -3.74. The van der Waals surface area contributed by atoms with Crippen LogP contribution in [0.3, 0.4) is 0 Å². The van der Waals surface area contributed by atoms with E-state index in [1.807, 2.05) is 13.8 Å². The lowest BCUT2D eigenvalue weighted by Crippen LogP contribution is -2.45. The molecular formula is C20H24N2O5S. The Morgan fingerprint density at radius 2 is 1.61 bits per heavy atom. The van der Waals surface area contributed by atoms with Gasteiger partial charge in [0.1, 0.15) is 6.04 Å². The molecule has 2 aromatic carbocycles. The molecule has 2 aromatic rings. The second-order valence-corrected chi connectivity index (χ2v) is 8.35. The molecule has 0 spiro atoms. The van der Waals surface area contributed by atoms with Gasteiger partial charge in [0.05, 0.1) is 4.90 Å². The number of hydrogen-bond acceptors (Lipinski definition) is 4. The first-order chi connectivity index (χ1) is 13.1. The van der Waals surface area contributed by atoms with Gasteiger partial charge in [0.2, 0.25) is 0 Å². The fraction of sp³-hybridized carbons (Fsp3) is 0.300. The van der Waals surface area contributed by atoms with E-state index in [9.17, 15) is 23.1 Å². The molecule has 3 N–H and O–H groups in total. The van der Waals surface area contributed by atoms with E-state index in [-0.39, 0.29) is 16.4 Å². The van der Waals surface area contributed by atoms with Gasteiger partial charge in [0.25, 0.3) is 15.9 Å². The topological polar surface area (TPSA) is 113 Å². The lowest BCUT2D eigenvalue weighted by molar-refractivity contribution is -0.140. The molecule has 150 valence electrons. The second-order valence-electron chi connectivity index (χ2n) is 6.67. The summed E-state index contributed by atoms with van der Waals surface area (Å²) in [5.74, 6) is -1.84. The van der Waals surface area contributed by atoms with Gasteiger partial charge in [-0.05, 0) is 49.2 Å². The minimum Gasteiger partial charge on any atom is -0.480 e. The number of carboxylic acid groups (broad SMARTS) is 1. The molecule has 0 aromatic heterocycles. The molecular weight excluding hydrogens is 380 g/mol. The number of carbonyl (C=O) groups is 2. The standard InChI is InChI=1S/C20H24N2O5S/c1-4-14(3)18(20(24)25)21-19(23)15-7-9-16(10-8-15)22-28(26,27)17-11-5-13(2)6-12-17/h5-12,14,18,22H,4H2,1-3H3,(H,21,23)(H,24,25)/t14?,18-/m0/s1. The summed E-state index contributed by atoms with van der Waals surface area (Å²) < 4.78 is 27.3. The summed E-state index contributed by atoms with van der Waals surface area (Å²) in [6.07, 6.45) is 0.608. The number of benzene rings is 2. The number of carbonyl (C=O) groups excluding carboxylic acids is 1. The Morgan fingerprint density at radius 3 is 2.11 bits per heavy atom. The minimum atomic E-state index is -3.74. The van der Waals surface area contributed by atoms with E-state index >= 15 is 0 Å². The third kappa shape index (κ3) is 5.32. The quantitative estimate of drug-likeness (QED) is 0.626. The van der Waals surface area contributed by atoms with Crippen molar-refractivity contribution in [3.63, 3.8) is 0 Å². The fourth-order valence-electron chi connectivity index (χ4n) is 2.53. The van der Waals surface area contributed by atoms with Crippen LogP contribution in [0.1, 0.15) is 36.2 Å². The summed E-state index contributed by atoms with van der Waals surface area (Å²) in [5, 5.41) is 11.8. The minimum absolute atomic E-state index is 0.137. The molecule has 1 amide bonds. The molecule has 0 aliphatic carbocycles. The molecule has 0 aliphatic heterocycles. The van der Waals surface area contributed by atoms with Gasteiger partial charge in [0.15, 0.2) is 0 Å². The maximum Gasteiger partial charge on any atom is 0.326 e. The highest BCUT2D eigenvalue weighted by molar-refractivity contribution is 7.92. The van der Waals surface area contributed by atoms with Crippen LogP contribution in [-0.2, 0) is 14.8 Å². The van der Waals surface area contributed by atoms with Crippen LogP contribution < -0.4 is 10.0 Å². The van der Waals surface area contributed by atoms with Gasteiger partial charge in [0, 0.05) is 11.3 Å². The molecule has 0 radical (unpaired) electrons. The summed E-state index contributed by atoms with van der Waals surface area (Å²) in [6.45, 7) is 5.47. The van der Waals surface area contributed by atoms with Crippen molar-refractivity contribution in [2.45, 2.75) is 38.1 Å². The van der Waals surface area contributed by atoms with E-state index in [0.717, 1.165) is 5.56 Å². The second kappa shape index (κ2) is 8.88. The first kappa shape index (κ1) is 21.4.